The van der Waals surface area contributed by atoms with Gasteiger partial charge in [-0.05, 0) is 68.6 Å². The number of piperidine rings is 1. The van der Waals surface area contributed by atoms with Gasteiger partial charge in [0.25, 0.3) is 0 Å². The molecule has 4 rings (SSSR count). The van der Waals surface area contributed by atoms with E-state index in [-0.39, 0.29) is 18.4 Å². The average molecular weight is 480 g/mol. The second-order valence-corrected chi connectivity index (χ2v) is 9.50. The van der Waals surface area contributed by atoms with E-state index in [9.17, 15) is 19.5 Å². The highest BCUT2D eigenvalue weighted by Crippen LogP contribution is 2.44. The Kier molecular flexibility index (Phi) is 7.70. The van der Waals surface area contributed by atoms with Crippen molar-refractivity contribution in [3.05, 3.63) is 59.7 Å². The Labute approximate surface area is 205 Å². The highest BCUT2D eigenvalue weighted by atomic mass is 16.5. The van der Waals surface area contributed by atoms with Crippen LogP contribution in [-0.4, -0.2) is 78.8 Å². The predicted molar refractivity (Wildman–Crippen MR) is 132 cm³/mol. The first-order chi connectivity index (χ1) is 16.9. The smallest absolute Gasteiger partial charge is 0.407 e. The lowest BCUT2D eigenvalue weighted by molar-refractivity contribution is -0.153. The molecule has 2 aliphatic rings. The maximum absolute atomic E-state index is 13.3. The third-order valence-corrected chi connectivity index (χ3v) is 6.87. The number of nitrogens with zero attached hydrogens (tertiary/aromatic N) is 2. The number of carbonyl (C=O) groups excluding carboxylic acids is 2. The van der Waals surface area contributed by atoms with Crippen LogP contribution in [-0.2, 0) is 14.3 Å². The molecule has 8 heteroatoms. The van der Waals surface area contributed by atoms with Gasteiger partial charge in [-0.15, -0.1) is 0 Å². The van der Waals surface area contributed by atoms with E-state index in [1.165, 1.54) is 4.90 Å². The lowest BCUT2D eigenvalue weighted by Crippen LogP contribution is -2.56. The summed E-state index contributed by atoms with van der Waals surface area (Å²) in [5.74, 6) is -1.46. The van der Waals surface area contributed by atoms with Crippen LogP contribution in [0.2, 0.25) is 0 Å². The zero-order chi connectivity index (χ0) is 24.9. The van der Waals surface area contributed by atoms with E-state index in [0.717, 1.165) is 35.1 Å². The molecule has 0 bridgehead atoms. The van der Waals surface area contributed by atoms with Crippen LogP contribution < -0.4 is 5.32 Å². The van der Waals surface area contributed by atoms with Gasteiger partial charge in [0.1, 0.15) is 18.7 Å². The summed E-state index contributed by atoms with van der Waals surface area (Å²) in [5.41, 5.74) is 4.50. The topological polar surface area (TPSA) is 99.2 Å². The number of amides is 2. The molecule has 1 unspecified atom stereocenters. The number of ether oxygens (including phenoxy) is 1. The number of aliphatic carboxylic acids is 1. The molecule has 1 saturated heterocycles. The normalized spacial score (nSPS) is 18.0. The summed E-state index contributed by atoms with van der Waals surface area (Å²) in [6.45, 7) is 1.09. The number of alkyl carbamates (subject to hydrolysis) is 1. The van der Waals surface area contributed by atoms with Crippen molar-refractivity contribution >= 4 is 18.0 Å². The third-order valence-electron chi connectivity index (χ3n) is 6.87. The molecule has 2 atom stereocenters. The van der Waals surface area contributed by atoms with Crippen LogP contribution in [0.25, 0.3) is 11.1 Å². The van der Waals surface area contributed by atoms with Crippen LogP contribution >= 0.6 is 0 Å². The van der Waals surface area contributed by atoms with Crippen molar-refractivity contribution in [1.82, 2.24) is 15.1 Å². The summed E-state index contributed by atoms with van der Waals surface area (Å²) in [6.07, 6.45) is 1.63. The number of rotatable bonds is 8. The number of likely N-dealkylation sites (tertiary alicyclic amines) is 1. The first-order valence-electron chi connectivity index (χ1n) is 12.2. The molecule has 1 heterocycles. The van der Waals surface area contributed by atoms with Crippen LogP contribution in [0.4, 0.5) is 4.79 Å². The van der Waals surface area contributed by atoms with Crippen molar-refractivity contribution in [2.24, 2.45) is 0 Å². The largest absolute Gasteiger partial charge is 0.480 e. The second kappa shape index (κ2) is 10.9. The number of nitrogens with one attached hydrogen (secondary N) is 1. The van der Waals surface area contributed by atoms with Crippen LogP contribution in [0.1, 0.15) is 42.7 Å². The second-order valence-electron chi connectivity index (χ2n) is 9.50. The Morgan fingerprint density at radius 3 is 2.29 bits per heavy atom. The fourth-order valence-electron chi connectivity index (χ4n) is 5.08. The fourth-order valence-corrected chi connectivity index (χ4v) is 5.08. The molecular formula is C27H33N3O5. The summed E-state index contributed by atoms with van der Waals surface area (Å²) < 4.78 is 5.64. The molecule has 8 nitrogen and oxygen atoms in total. The summed E-state index contributed by atoms with van der Waals surface area (Å²) in [4.78, 5) is 41.2. The van der Waals surface area contributed by atoms with E-state index in [1.807, 2.05) is 55.4 Å². The maximum atomic E-state index is 13.3. The standard InChI is InChI=1S/C27H33N3O5/c1-29(2)16-14-23(25(31)30-15-8-7-13-24(30)26(32)33)28-27(34)35-17-22-20-11-5-3-9-18(20)19-10-4-6-12-21(19)22/h3-6,9-12,22-24H,7-8,13-17H2,1-2H3,(H,28,34)(H,32,33)/t23?,24-/m1/s1. The molecule has 1 fully saturated rings. The quantitative estimate of drug-likeness (QED) is 0.603. The minimum atomic E-state index is -1.01. The summed E-state index contributed by atoms with van der Waals surface area (Å²) in [5, 5.41) is 12.3. The van der Waals surface area contributed by atoms with Gasteiger partial charge >= 0.3 is 12.1 Å². The summed E-state index contributed by atoms with van der Waals surface area (Å²) in [6, 6.07) is 14.5. The Balaban J connectivity index is 1.45. The van der Waals surface area contributed by atoms with Crippen molar-refractivity contribution < 1.29 is 24.2 Å². The van der Waals surface area contributed by atoms with Gasteiger partial charge in [0, 0.05) is 12.5 Å². The number of carboxylic acids is 1. The average Bonchev–Trinajstić information content (AvgIpc) is 3.18. The Hall–Kier alpha value is -3.39. The van der Waals surface area contributed by atoms with Crippen molar-refractivity contribution in [2.45, 2.75) is 43.7 Å². The van der Waals surface area contributed by atoms with E-state index in [2.05, 4.69) is 17.4 Å². The van der Waals surface area contributed by atoms with E-state index < -0.39 is 24.1 Å². The van der Waals surface area contributed by atoms with Gasteiger partial charge in [-0.25, -0.2) is 9.59 Å². The molecule has 0 aromatic heterocycles. The molecular weight excluding hydrogens is 446 g/mol. The van der Waals surface area contributed by atoms with Gasteiger partial charge in [-0.3, -0.25) is 4.79 Å². The SMILES string of the molecule is CN(C)CCC(NC(=O)OCC1c2ccccc2-c2ccccc21)C(=O)N1CCCC[C@@H]1C(=O)O. The minimum absolute atomic E-state index is 0.0810. The lowest BCUT2D eigenvalue weighted by atomic mass is 9.98. The van der Waals surface area contributed by atoms with E-state index in [1.54, 1.807) is 0 Å². The highest BCUT2D eigenvalue weighted by molar-refractivity contribution is 5.89. The molecule has 186 valence electrons. The van der Waals surface area contributed by atoms with Crippen molar-refractivity contribution in [2.75, 3.05) is 33.8 Å². The fraction of sp³-hybridized carbons (Fsp3) is 0.444. The van der Waals surface area contributed by atoms with Crippen LogP contribution in [0.15, 0.2) is 48.5 Å². The monoisotopic (exact) mass is 479 g/mol. The first-order valence-corrected chi connectivity index (χ1v) is 12.2. The molecule has 2 N–H and O–H groups in total. The predicted octanol–water partition coefficient (Wildman–Crippen LogP) is 3.31. The van der Waals surface area contributed by atoms with Gasteiger partial charge in [0.05, 0.1) is 0 Å². The van der Waals surface area contributed by atoms with Crippen LogP contribution in [0.3, 0.4) is 0 Å². The summed E-state index contributed by atoms with van der Waals surface area (Å²) >= 11 is 0. The lowest BCUT2D eigenvalue weighted by Gasteiger charge is -2.35. The zero-order valence-electron chi connectivity index (χ0n) is 20.3. The van der Waals surface area contributed by atoms with Gasteiger partial charge in [-0.2, -0.15) is 0 Å². The number of hydrogen-bond acceptors (Lipinski definition) is 5. The van der Waals surface area contributed by atoms with Crippen LogP contribution in [0, 0.1) is 0 Å². The van der Waals surface area contributed by atoms with Crippen molar-refractivity contribution in [3.63, 3.8) is 0 Å². The van der Waals surface area contributed by atoms with Gasteiger partial charge in [-0.1, -0.05) is 48.5 Å². The number of carboxylic acid groups (broad SMARTS) is 1. The van der Waals surface area contributed by atoms with Crippen molar-refractivity contribution in [1.29, 1.82) is 0 Å². The minimum Gasteiger partial charge on any atom is -0.480 e. The first kappa shape index (κ1) is 24.7. The number of hydrogen-bond donors (Lipinski definition) is 2. The van der Waals surface area contributed by atoms with Crippen molar-refractivity contribution in [3.8, 4) is 11.1 Å². The Morgan fingerprint density at radius 1 is 1.06 bits per heavy atom. The zero-order valence-corrected chi connectivity index (χ0v) is 20.3. The Morgan fingerprint density at radius 2 is 1.69 bits per heavy atom. The molecule has 0 saturated carbocycles. The van der Waals surface area contributed by atoms with E-state index >= 15 is 0 Å². The molecule has 0 spiro atoms. The molecule has 2 amide bonds. The molecule has 2 aromatic carbocycles. The maximum Gasteiger partial charge on any atom is 0.407 e. The number of fused-ring (bicyclic) bond motifs is 3. The third kappa shape index (κ3) is 5.48. The highest BCUT2D eigenvalue weighted by Gasteiger charge is 2.36. The Bertz CT molecular complexity index is 1040. The van der Waals surface area contributed by atoms with Gasteiger partial charge in [0.2, 0.25) is 5.91 Å². The molecule has 2 aromatic rings. The molecule has 1 aliphatic heterocycles. The van der Waals surface area contributed by atoms with Gasteiger partial charge in [0.15, 0.2) is 0 Å². The number of carbonyl (C=O) groups is 3. The van der Waals surface area contributed by atoms with Gasteiger partial charge < -0.3 is 25.0 Å². The summed E-state index contributed by atoms with van der Waals surface area (Å²) in [7, 11) is 3.77. The van der Waals surface area contributed by atoms with E-state index in [0.29, 0.717) is 25.9 Å². The number of benzene rings is 2. The molecule has 0 radical (unpaired) electrons. The van der Waals surface area contributed by atoms with E-state index in [4.69, 9.17) is 4.74 Å². The molecule has 1 aliphatic carbocycles. The molecule has 35 heavy (non-hydrogen) atoms. The van der Waals surface area contributed by atoms with Crippen LogP contribution in [0.5, 0.6) is 0 Å².